The highest BCUT2D eigenvalue weighted by Gasteiger charge is 2.22. The van der Waals surface area contributed by atoms with Crippen molar-refractivity contribution in [2.24, 2.45) is 0 Å². The highest BCUT2D eigenvalue weighted by molar-refractivity contribution is 6.12. The first-order valence-corrected chi connectivity index (χ1v) is 19.3. The van der Waals surface area contributed by atoms with Crippen LogP contribution < -0.4 is 0 Å². The van der Waals surface area contributed by atoms with Gasteiger partial charge < -0.3 is 61.6 Å². The molecule has 0 saturated carbocycles. The minimum absolute atomic E-state index is 0.239. The summed E-state index contributed by atoms with van der Waals surface area (Å²) in [5.41, 5.74) is 0. The van der Waals surface area contributed by atoms with E-state index in [0.29, 0.717) is 159 Å². The number of hydrogen-bond donors (Lipinski definition) is 0. The lowest BCUT2D eigenvalue weighted by atomic mass is 10.2. The first kappa shape index (κ1) is 49.4. The molecule has 0 fully saturated rings. The minimum Gasteiger partial charge on any atom is -0.379 e. The summed E-state index contributed by atoms with van der Waals surface area (Å²) in [6, 6.07) is 0. The van der Waals surface area contributed by atoms with Crippen molar-refractivity contribution >= 4 is 11.8 Å². The zero-order valence-electron chi connectivity index (χ0n) is 32.4. The van der Waals surface area contributed by atoms with Crippen LogP contribution in [-0.2, 0) is 71.2 Å². The van der Waals surface area contributed by atoms with E-state index in [1.165, 1.54) is 37.8 Å². The summed E-state index contributed by atoms with van der Waals surface area (Å²) in [5.74, 6) is -0.613. The van der Waals surface area contributed by atoms with Crippen molar-refractivity contribution in [3.05, 3.63) is 12.2 Å². The van der Waals surface area contributed by atoms with E-state index >= 15 is 0 Å². The zero-order valence-corrected chi connectivity index (χ0v) is 32.4. The molecule has 0 aromatic carbocycles. The molecule has 0 radical (unpaired) electrons. The van der Waals surface area contributed by atoms with Gasteiger partial charge in [0.15, 0.2) is 0 Å². The third-order valence-electron chi connectivity index (χ3n) is 7.22. The normalized spacial score (nSPS) is 13.0. The van der Waals surface area contributed by atoms with E-state index in [4.69, 9.17) is 61.6 Å². The highest BCUT2D eigenvalue weighted by atomic mass is 16.6. The quantitative estimate of drug-likeness (QED) is 0.0655. The lowest BCUT2D eigenvalue weighted by Crippen LogP contribution is -2.33. The topological polar surface area (TPSA) is 157 Å². The lowest BCUT2D eigenvalue weighted by Gasteiger charge is -2.13. The van der Waals surface area contributed by atoms with Crippen molar-refractivity contribution in [3.8, 4) is 0 Å². The number of carbonyl (C=O) groups excluding carboxylic acids is 2. The Balaban J connectivity index is 1.61. The monoisotopic (exact) mass is 767 g/mol. The molecule has 1 aliphatic rings. The van der Waals surface area contributed by atoms with E-state index in [2.05, 4.69) is 6.92 Å². The van der Waals surface area contributed by atoms with Crippen molar-refractivity contribution in [1.29, 1.82) is 0 Å². The molecule has 0 bridgehead atoms. The predicted molar refractivity (Wildman–Crippen MR) is 195 cm³/mol. The largest absolute Gasteiger partial charge is 0.379 e. The van der Waals surface area contributed by atoms with E-state index in [9.17, 15) is 9.59 Å². The molecular formula is C37H69NO15. The fraction of sp³-hybridized carbons (Fsp3) is 0.892. The predicted octanol–water partition coefficient (Wildman–Crippen LogP) is 2.10. The molecule has 1 heterocycles. The molecule has 16 nitrogen and oxygen atoms in total. The van der Waals surface area contributed by atoms with Crippen LogP contribution in [0.5, 0.6) is 0 Å². The van der Waals surface area contributed by atoms with Crippen LogP contribution in [0.4, 0.5) is 0 Å². The number of imide groups is 1. The average Bonchev–Trinajstić information content (AvgIpc) is 3.49. The van der Waals surface area contributed by atoms with Crippen LogP contribution in [0, 0.1) is 0 Å². The van der Waals surface area contributed by atoms with Crippen molar-refractivity contribution in [3.63, 3.8) is 0 Å². The zero-order chi connectivity index (χ0) is 38.0. The Morgan fingerprint density at radius 3 is 0.811 bits per heavy atom. The molecule has 0 spiro atoms. The van der Waals surface area contributed by atoms with Crippen LogP contribution in [0.25, 0.3) is 0 Å². The summed E-state index contributed by atoms with van der Waals surface area (Å²) in [6.07, 6.45) is 8.76. The summed E-state index contributed by atoms with van der Waals surface area (Å²) in [7, 11) is 0. The molecule has 16 heteroatoms. The molecule has 1 rings (SSSR count). The van der Waals surface area contributed by atoms with Gasteiger partial charge in [-0.1, -0.05) is 32.6 Å². The third-order valence-corrected chi connectivity index (χ3v) is 7.22. The van der Waals surface area contributed by atoms with Gasteiger partial charge in [-0.25, -0.2) is 0 Å². The molecule has 0 aromatic heterocycles. The van der Waals surface area contributed by atoms with Crippen LogP contribution in [-0.4, -0.2) is 195 Å². The van der Waals surface area contributed by atoms with Gasteiger partial charge in [-0.15, -0.1) is 0 Å². The molecule has 2 amide bonds. The van der Waals surface area contributed by atoms with Gasteiger partial charge in [0.25, 0.3) is 11.8 Å². The van der Waals surface area contributed by atoms with E-state index in [1.807, 2.05) is 0 Å². The second kappa shape index (κ2) is 41.5. The maximum absolute atomic E-state index is 11.4. The fourth-order valence-electron chi connectivity index (χ4n) is 4.36. The van der Waals surface area contributed by atoms with Gasteiger partial charge in [0.05, 0.1) is 172 Å². The van der Waals surface area contributed by atoms with Gasteiger partial charge in [0.2, 0.25) is 0 Å². The maximum Gasteiger partial charge on any atom is 0.253 e. The molecule has 0 N–H and O–H groups in total. The van der Waals surface area contributed by atoms with Gasteiger partial charge in [0.1, 0.15) is 0 Å². The Morgan fingerprint density at radius 2 is 0.547 bits per heavy atom. The molecule has 0 saturated heterocycles. The Labute approximate surface area is 317 Å². The number of amides is 2. The second-order valence-electron chi connectivity index (χ2n) is 11.5. The Hall–Kier alpha value is -1.64. The summed E-state index contributed by atoms with van der Waals surface area (Å²) in [5, 5.41) is 0. The van der Waals surface area contributed by atoms with Crippen molar-refractivity contribution in [2.75, 3.05) is 178 Å². The third kappa shape index (κ3) is 35.8. The number of hydrogen-bond acceptors (Lipinski definition) is 15. The average molecular weight is 768 g/mol. The van der Waals surface area contributed by atoms with E-state index in [1.54, 1.807) is 0 Å². The maximum atomic E-state index is 11.4. The highest BCUT2D eigenvalue weighted by Crippen LogP contribution is 2.03. The summed E-state index contributed by atoms with van der Waals surface area (Å²) >= 11 is 0. The van der Waals surface area contributed by atoms with E-state index in [0.717, 1.165) is 17.9 Å². The summed E-state index contributed by atoms with van der Waals surface area (Å²) in [4.78, 5) is 24.0. The standard InChI is InChI=1S/C37H69NO15/c1-2-3-4-5-6-10-41-12-14-43-16-18-45-20-22-47-24-26-49-28-30-51-32-34-53-35-33-52-31-29-50-27-25-48-23-21-46-19-17-44-15-13-42-11-9-38-36(39)7-8-37(38)40/h7-8H,2-6,9-35H2,1H3. The molecule has 0 aromatic rings. The van der Waals surface area contributed by atoms with Crippen LogP contribution in [0.1, 0.15) is 39.0 Å². The molecule has 0 atom stereocenters. The number of nitrogens with zero attached hydrogens (tertiary/aromatic N) is 1. The lowest BCUT2D eigenvalue weighted by molar-refractivity contribution is -0.137. The molecule has 312 valence electrons. The number of ether oxygens (including phenoxy) is 13. The molecule has 0 aliphatic carbocycles. The number of unbranched alkanes of at least 4 members (excludes halogenated alkanes) is 4. The smallest absolute Gasteiger partial charge is 0.253 e. The van der Waals surface area contributed by atoms with Crippen molar-refractivity contribution in [2.45, 2.75) is 39.0 Å². The van der Waals surface area contributed by atoms with E-state index < -0.39 is 0 Å². The Kier molecular flexibility index (Phi) is 38.7. The van der Waals surface area contributed by atoms with E-state index in [-0.39, 0.29) is 25.0 Å². The van der Waals surface area contributed by atoms with Crippen molar-refractivity contribution < 1.29 is 71.2 Å². The second-order valence-corrected chi connectivity index (χ2v) is 11.5. The minimum atomic E-state index is -0.307. The van der Waals surface area contributed by atoms with Gasteiger partial charge in [-0.3, -0.25) is 14.5 Å². The molecule has 0 unspecified atom stereocenters. The molecule has 53 heavy (non-hydrogen) atoms. The van der Waals surface area contributed by atoms with Crippen molar-refractivity contribution in [1.82, 2.24) is 4.90 Å². The Morgan fingerprint density at radius 1 is 0.321 bits per heavy atom. The first-order valence-electron chi connectivity index (χ1n) is 19.3. The van der Waals surface area contributed by atoms with Gasteiger partial charge in [-0.2, -0.15) is 0 Å². The van der Waals surface area contributed by atoms with Crippen LogP contribution in [0.15, 0.2) is 12.2 Å². The Bertz CT molecular complexity index is 805. The number of carbonyl (C=O) groups is 2. The van der Waals surface area contributed by atoms with Gasteiger partial charge in [0, 0.05) is 18.8 Å². The first-order chi connectivity index (χ1) is 26.3. The van der Waals surface area contributed by atoms with Crippen LogP contribution in [0.2, 0.25) is 0 Å². The molecular weight excluding hydrogens is 698 g/mol. The van der Waals surface area contributed by atoms with Gasteiger partial charge in [-0.05, 0) is 6.42 Å². The SMILES string of the molecule is CCCCCCCOCCOCCOCCOCCOCCOCCOCCOCCOCCOCCOCCOCCOCCN1C(=O)C=CC1=O. The van der Waals surface area contributed by atoms with Gasteiger partial charge >= 0.3 is 0 Å². The fourth-order valence-corrected chi connectivity index (χ4v) is 4.36. The summed E-state index contributed by atoms with van der Waals surface area (Å²) in [6.45, 7) is 15.5. The van der Waals surface area contributed by atoms with Crippen LogP contribution in [0.3, 0.4) is 0 Å². The number of rotatable bonds is 45. The van der Waals surface area contributed by atoms with Crippen LogP contribution >= 0.6 is 0 Å². The molecule has 1 aliphatic heterocycles. The summed E-state index contributed by atoms with van der Waals surface area (Å²) < 4.78 is 71.2.